The minimum Gasteiger partial charge on any atom is -0.373 e. The van der Waals surface area contributed by atoms with Gasteiger partial charge in [-0.15, -0.1) is 0 Å². The number of carbonyl (C=O) groups is 1. The van der Waals surface area contributed by atoms with E-state index in [0.717, 1.165) is 37.2 Å². The van der Waals surface area contributed by atoms with Crippen LogP contribution in [0.5, 0.6) is 0 Å². The van der Waals surface area contributed by atoms with Gasteiger partial charge < -0.3 is 10.2 Å². The summed E-state index contributed by atoms with van der Waals surface area (Å²) in [7, 11) is 1.84. The first-order valence-corrected chi connectivity index (χ1v) is 5.20. The van der Waals surface area contributed by atoms with Crippen LogP contribution in [0.1, 0.15) is 24.4 Å². The number of nitrogens with one attached hydrogen (secondary N) is 1. The van der Waals surface area contributed by atoms with Gasteiger partial charge in [-0.2, -0.15) is 0 Å². The SMILES string of the molecule is CNc1ccc([C@@H]2CCCN2C=O)cn1. The summed E-state index contributed by atoms with van der Waals surface area (Å²) in [4.78, 5) is 16.9. The monoisotopic (exact) mass is 205 g/mol. The fourth-order valence-corrected chi connectivity index (χ4v) is 2.02. The third kappa shape index (κ3) is 1.93. The van der Waals surface area contributed by atoms with Gasteiger partial charge in [0.25, 0.3) is 0 Å². The first kappa shape index (κ1) is 9.96. The predicted octanol–water partition coefficient (Wildman–Crippen LogP) is 1.42. The number of carbonyl (C=O) groups excluding carboxylic acids is 1. The van der Waals surface area contributed by atoms with Crippen LogP contribution >= 0.6 is 0 Å². The van der Waals surface area contributed by atoms with Crippen LogP contribution in [0.4, 0.5) is 5.82 Å². The number of amides is 1. The molecule has 4 nitrogen and oxygen atoms in total. The minimum absolute atomic E-state index is 0.223. The van der Waals surface area contributed by atoms with Crippen molar-refractivity contribution in [3.05, 3.63) is 23.9 Å². The molecule has 1 aliphatic heterocycles. The lowest BCUT2D eigenvalue weighted by atomic mass is 10.1. The summed E-state index contributed by atoms with van der Waals surface area (Å²) in [5.41, 5.74) is 1.12. The Labute approximate surface area is 89.3 Å². The van der Waals surface area contributed by atoms with E-state index in [1.807, 2.05) is 30.3 Å². The van der Waals surface area contributed by atoms with Gasteiger partial charge in [0.15, 0.2) is 0 Å². The first-order valence-electron chi connectivity index (χ1n) is 5.20. The molecule has 0 saturated carbocycles. The molecule has 1 fully saturated rings. The Bertz CT molecular complexity index is 336. The van der Waals surface area contributed by atoms with Gasteiger partial charge in [0.2, 0.25) is 6.41 Å². The van der Waals surface area contributed by atoms with Gasteiger partial charge in [0.05, 0.1) is 6.04 Å². The summed E-state index contributed by atoms with van der Waals surface area (Å²) in [5.74, 6) is 0.856. The molecule has 0 radical (unpaired) electrons. The van der Waals surface area contributed by atoms with E-state index in [0.29, 0.717) is 0 Å². The number of hydrogen-bond donors (Lipinski definition) is 1. The summed E-state index contributed by atoms with van der Waals surface area (Å²) in [5, 5.41) is 2.98. The molecule has 1 N–H and O–H groups in total. The summed E-state index contributed by atoms with van der Waals surface area (Å²) in [6, 6.07) is 4.20. The van der Waals surface area contributed by atoms with Crippen LogP contribution in [-0.2, 0) is 4.79 Å². The average Bonchev–Trinajstić information content (AvgIpc) is 2.77. The second-order valence-electron chi connectivity index (χ2n) is 3.73. The summed E-state index contributed by atoms with van der Waals surface area (Å²) < 4.78 is 0. The van der Waals surface area contributed by atoms with Crippen molar-refractivity contribution in [3.63, 3.8) is 0 Å². The Morgan fingerprint density at radius 2 is 2.47 bits per heavy atom. The molecule has 0 aromatic carbocycles. The lowest BCUT2D eigenvalue weighted by molar-refractivity contribution is -0.118. The van der Waals surface area contributed by atoms with Crippen LogP contribution in [0.15, 0.2) is 18.3 Å². The zero-order valence-electron chi connectivity index (χ0n) is 8.81. The van der Waals surface area contributed by atoms with Crippen molar-refractivity contribution in [2.45, 2.75) is 18.9 Å². The minimum atomic E-state index is 0.223. The number of pyridine rings is 1. The smallest absolute Gasteiger partial charge is 0.210 e. The lowest BCUT2D eigenvalue weighted by Gasteiger charge is -2.19. The number of rotatable bonds is 3. The number of hydrogen-bond acceptors (Lipinski definition) is 3. The Morgan fingerprint density at radius 1 is 1.60 bits per heavy atom. The van der Waals surface area contributed by atoms with E-state index in [1.54, 1.807) is 0 Å². The fourth-order valence-electron chi connectivity index (χ4n) is 2.02. The molecule has 1 aromatic rings. The van der Waals surface area contributed by atoms with E-state index in [1.165, 1.54) is 0 Å². The van der Waals surface area contributed by atoms with Gasteiger partial charge in [0.1, 0.15) is 5.82 Å². The highest BCUT2D eigenvalue weighted by Crippen LogP contribution is 2.30. The Morgan fingerprint density at radius 3 is 3.07 bits per heavy atom. The van der Waals surface area contributed by atoms with E-state index in [2.05, 4.69) is 10.3 Å². The number of aromatic nitrogens is 1. The highest BCUT2D eigenvalue weighted by atomic mass is 16.1. The van der Waals surface area contributed by atoms with E-state index in [4.69, 9.17) is 0 Å². The van der Waals surface area contributed by atoms with Gasteiger partial charge in [-0.1, -0.05) is 6.07 Å². The second-order valence-corrected chi connectivity index (χ2v) is 3.73. The van der Waals surface area contributed by atoms with Crippen LogP contribution < -0.4 is 5.32 Å². The van der Waals surface area contributed by atoms with E-state index >= 15 is 0 Å². The molecule has 80 valence electrons. The van der Waals surface area contributed by atoms with Crippen molar-refractivity contribution >= 4 is 12.2 Å². The maximum absolute atomic E-state index is 10.8. The summed E-state index contributed by atoms with van der Waals surface area (Å²) >= 11 is 0. The van der Waals surface area contributed by atoms with Gasteiger partial charge >= 0.3 is 0 Å². The molecule has 0 unspecified atom stereocenters. The van der Waals surface area contributed by atoms with Gasteiger partial charge in [-0.05, 0) is 24.5 Å². The normalized spacial score (nSPS) is 20.3. The van der Waals surface area contributed by atoms with Gasteiger partial charge in [0, 0.05) is 19.8 Å². The zero-order chi connectivity index (χ0) is 10.7. The number of anilines is 1. The predicted molar refractivity (Wildman–Crippen MR) is 58.5 cm³/mol. The molecule has 4 heteroatoms. The van der Waals surface area contributed by atoms with Gasteiger partial charge in [-0.25, -0.2) is 4.98 Å². The van der Waals surface area contributed by atoms with Crippen LogP contribution in [0.3, 0.4) is 0 Å². The Kier molecular flexibility index (Phi) is 2.85. The second kappa shape index (κ2) is 4.29. The zero-order valence-corrected chi connectivity index (χ0v) is 8.81. The maximum atomic E-state index is 10.8. The van der Waals surface area contributed by atoms with Gasteiger partial charge in [-0.3, -0.25) is 4.79 Å². The standard InChI is InChI=1S/C11H15N3O/c1-12-11-5-4-9(7-13-11)10-3-2-6-14(10)8-15/h4-5,7-8,10H,2-3,6H2,1H3,(H,12,13)/t10-/m0/s1. The van der Waals surface area contributed by atoms with E-state index < -0.39 is 0 Å². The third-order valence-corrected chi connectivity index (χ3v) is 2.86. The highest BCUT2D eigenvalue weighted by molar-refractivity contribution is 5.49. The first-order chi connectivity index (χ1) is 7.35. The summed E-state index contributed by atoms with van der Waals surface area (Å²) in [6.45, 7) is 0.863. The number of nitrogens with zero attached hydrogens (tertiary/aromatic N) is 2. The third-order valence-electron chi connectivity index (χ3n) is 2.86. The van der Waals surface area contributed by atoms with Crippen molar-refractivity contribution < 1.29 is 4.79 Å². The molecule has 15 heavy (non-hydrogen) atoms. The van der Waals surface area contributed by atoms with Crippen molar-refractivity contribution in [3.8, 4) is 0 Å². The Hall–Kier alpha value is -1.58. The van der Waals surface area contributed by atoms with E-state index in [9.17, 15) is 4.79 Å². The van der Waals surface area contributed by atoms with Crippen LogP contribution in [-0.4, -0.2) is 29.9 Å². The van der Waals surface area contributed by atoms with Crippen LogP contribution in [0, 0.1) is 0 Å². The van der Waals surface area contributed by atoms with Crippen molar-refractivity contribution in [1.82, 2.24) is 9.88 Å². The molecule has 0 aliphatic carbocycles. The van der Waals surface area contributed by atoms with Crippen molar-refractivity contribution in [2.24, 2.45) is 0 Å². The van der Waals surface area contributed by atoms with E-state index in [-0.39, 0.29) is 6.04 Å². The lowest BCUT2D eigenvalue weighted by Crippen LogP contribution is -2.21. The Balaban J connectivity index is 2.17. The molecule has 2 rings (SSSR count). The molecule has 1 saturated heterocycles. The molecular formula is C11H15N3O. The average molecular weight is 205 g/mol. The molecular weight excluding hydrogens is 190 g/mol. The molecule has 0 spiro atoms. The molecule has 1 amide bonds. The van der Waals surface area contributed by atoms with Crippen LogP contribution in [0.2, 0.25) is 0 Å². The maximum Gasteiger partial charge on any atom is 0.210 e. The molecule has 1 atom stereocenters. The largest absolute Gasteiger partial charge is 0.373 e. The molecule has 0 bridgehead atoms. The fraction of sp³-hybridized carbons (Fsp3) is 0.455. The molecule has 2 heterocycles. The molecule has 1 aromatic heterocycles. The molecule has 1 aliphatic rings. The van der Waals surface area contributed by atoms with Crippen molar-refractivity contribution in [2.75, 3.05) is 18.9 Å². The highest BCUT2D eigenvalue weighted by Gasteiger charge is 2.24. The topological polar surface area (TPSA) is 45.2 Å². The van der Waals surface area contributed by atoms with Crippen LogP contribution in [0.25, 0.3) is 0 Å². The quantitative estimate of drug-likeness (QED) is 0.759. The summed E-state index contributed by atoms with van der Waals surface area (Å²) in [6.07, 6.45) is 4.90. The van der Waals surface area contributed by atoms with Crippen molar-refractivity contribution in [1.29, 1.82) is 0 Å². The number of likely N-dealkylation sites (tertiary alicyclic amines) is 1.